The first-order valence-corrected chi connectivity index (χ1v) is 7.09. The predicted octanol–water partition coefficient (Wildman–Crippen LogP) is 0.183. The molecule has 110 valence electrons. The van der Waals surface area contributed by atoms with E-state index in [1.54, 1.807) is 11.9 Å². The summed E-state index contributed by atoms with van der Waals surface area (Å²) in [5, 5.41) is 0. The van der Waals surface area contributed by atoms with E-state index < -0.39 is 0 Å². The highest BCUT2D eigenvalue weighted by Crippen LogP contribution is 2.37. The number of carbonyl (C=O) groups excluding carboxylic acids is 2. The van der Waals surface area contributed by atoms with Crippen molar-refractivity contribution in [3.8, 4) is 11.5 Å². The largest absolute Gasteiger partial charge is 0.486 e. The molecule has 0 radical (unpaired) electrons. The molecule has 1 fully saturated rings. The van der Waals surface area contributed by atoms with Crippen LogP contribution in [0.3, 0.4) is 0 Å². The first-order chi connectivity index (χ1) is 10.1. The number of amides is 2. The second-order valence-electron chi connectivity index (χ2n) is 5.70. The fraction of sp³-hybridized carbons (Fsp3) is 0.467. The van der Waals surface area contributed by atoms with E-state index in [9.17, 15) is 9.59 Å². The summed E-state index contributed by atoms with van der Waals surface area (Å²) in [4.78, 5) is 27.6. The molecule has 3 aliphatic rings. The fourth-order valence-electron chi connectivity index (χ4n) is 3.23. The van der Waals surface area contributed by atoms with Crippen molar-refractivity contribution in [1.82, 2.24) is 9.80 Å². The van der Waals surface area contributed by atoms with E-state index in [-0.39, 0.29) is 24.4 Å². The van der Waals surface area contributed by atoms with Crippen LogP contribution in [-0.4, -0.2) is 54.5 Å². The Balaban J connectivity index is 1.73. The number of rotatable bonds is 0. The van der Waals surface area contributed by atoms with Crippen molar-refractivity contribution < 1.29 is 19.1 Å². The Morgan fingerprint density at radius 2 is 1.71 bits per heavy atom. The zero-order valence-electron chi connectivity index (χ0n) is 11.8. The monoisotopic (exact) mass is 288 g/mol. The molecule has 0 aromatic heterocycles. The summed E-state index contributed by atoms with van der Waals surface area (Å²) < 4.78 is 11.2. The van der Waals surface area contributed by atoms with Gasteiger partial charge in [-0.3, -0.25) is 9.59 Å². The van der Waals surface area contributed by atoms with Crippen molar-refractivity contribution in [2.24, 2.45) is 0 Å². The summed E-state index contributed by atoms with van der Waals surface area (Å²) in [6.07, 6.45) is 0.543. The number of likely N-dealkylation sites (N-methyl/N-ethyl adjacent to an activating group) is 1. The van der Waals surface area contributed by atoms with Crippen LogP contribution in [0.5, 0.6) is 11.5 Å². The summed E-state index contributed by atoms with van der Waals surface area (Å²) in [5.74, 6) is 1.47. The second-order valence-corrected chi connectivity index (χ2v) is 5.70. The Labute approximate surface area is 122 Å². The second kappa shape index (κ2) is 4.38. The Bertz CT molecular complexity index is 643. The molecule has 0 saturated carbocycles. The van der Waals surface area contributed by atoms with Gasteiger partial charge in [-0.1, -0.05) is 0 Å². The van der Waals surface area contributed by atoms with Gasteiger partial charge in [-0.15, -0.1) is 0 Å². The summed E-state index contributed by atoms with van der Waals surface area (Å²) in [7, 11) is 1.68. The standard InChI is InChI=1S/C15H16N2O4/c1-16-8-14(18)17-7-10-6-13-12(20-2-3-21-13)5-9(10)4-11(17)15(16)19/h5-6,11H,2-4,7-8H2,1H3. The van der Waals surface area contributed by atoms with Crippen molar-refractivity contribution in [3.05, 3.63) is 23.3 Å². The first-order valence-electron chi connectivity index (χ1n) is 7.09. The highest BCUT2D eigenvalue weighted by atomic mass is 16.6. The Morgan fingerprint density at radius 3 is 2.43 bits per heavy atom. The molecular formula is C15H16N2O4. The first kappa shape index (κ1) is 12.5. The SMILES string of the molecule is CN1CC(=O)N2Cc3cc4c(cc3CC2C1=O)OCCO4. The molecule has 0 bridgehead atoms. The molecule has 3 heterocycles. The molecule has 6 heteroatoms. The van der Waals surface area contributed by atoms with Gasteiger partial charge in [-0.25, -0.2) is 0 Å². The summed E-state index contributed by atoms with van der Waals surface area (Å²) in [6, 6.07) is 3.51. The molecule has 3 aliphatic heterocycles. The van der Waals surface area contributed by atoms with Gasteiger partial charge in [-0.2, -0.15) is 0 Å². The normalized spacial score (nSPS) is 23.8. The van der Waals surface area contributed by atoms with Crippen LogP contribution in [0.4, 0.5) is 0 Å². The van der Waals surface area contributed by atoms with E-state index in [4.69, 9.17) is 9.47 Å². The maximum Gasteiger partial charge on any atom is 0.245 e. The van der Waals surface area contributed by atoms with Crippen LogP contribution < -0.4 is 9.47 Å². The van der Waals surface area contributed by atoms with Gasteiger partial charge in [-0.05, 0) is 23.3 Å². The smallest absolute Gasteiger partial charge is 0.245 e. The maximum atomic E-state index is 12.3. The van der Waals surface area contributed by atoms with Gasteiger partial charge in [0.15, 0.2) is 11.5 Å². The van der Waals surface area contributed by atoms with Crippen LogP contribution in [-0.2, 0) is 22.6 Å². The van der Waals surface area contributed by atoms with E-state index in [0.29, 0.717) is 26.2 Å². The minimum absolute atomic E-state index is 0.00244. The number of benzene rings is 1. The minimum atomic E-state index is -0.383. The lowest BCUT2D eigenvalue weighted by Gasteiger charge is -2.42. The van der Waals surface area contributed by atoms with E-state index >= 15 is 0 Å². The minimum Gasteiger partial charge on any atom is -0.486 e. The third-order valence-corrected chi connectivity index (χ3v) is 4.35. The number of hydrogen-bond donors (Lipinski definition) is 0. The molecule has 4 rings (SSSR count). The Hall–Kier alpha value is -2.24. The number of fused-ring (bicyclic) bond motifs is 3. The Kier molecular flexibility index (Phi) is 2.60. The Morgan fingerprint density at radius 1 is 1.05 bits per heavy atom. The van der Waals surface area contributed by atoms with Crippen LogP contribution in [0.25, 0.3) is 0 Å². The van der Waals surface area contributed by atoms with Crippen LogP contribution in [0, 0.1) is 0 Å². The molecule has 1 atom stereocenters. The van der Waals surface area contributed by atoms with E-state index in [0.717, 1.165) is 22.6 Å². The lowest BCUT2D eigenvalue weighted by molar-refractivity contribution is -0.155. The number of carbonyl (C=O) groups is 2. The summed E-state index contributed by atoms with van der Waals surface area (Å²) >= 11 is 0. The van der Waals surface area contributed by atoms with Crippen molar-refractivity contribution in [2.75, 3.05) is 26.8 Å². The number of nitrogens with zero attached hydrogens (tertiary/aromatic N) is 2. The van der Waals surface area contributed by atoms with Gasteiger partial charge >= 0.3 is 0 Å². The fourth-order valence-corrected chi connectivity index (χ4v) is 3.23. The molecule has 21 heavy (non-hydrogen) atoms. The van der Waals surface area contributed by atoms with Gasteiger partial charge in [0.05, 0.1) is 6.54 Å². The third kappa shape index (κ3) is 1.86. The molecule has 1 aromatic rings. The quantitative estimate of drug-likeness (QED) is 0.683. The van der Waals surface area contributed by atoms with Gasteiger partial charge in [0.1, 0.15) is 19.3 Å². The van der Waals surface area contributed by atoms with Crippen LogP contribution >= 0.6 is 0 Å². The topological polar surface area (TPSA) is 59.1 Å². The molecule has 1 saturated heterocycles. The van der Waals surface area contributed by atoms with Crippen molar-refractivity contribution in [3.63, 3.8) is 0 Å². The van der Waals surface area contributed by atoms with Crippen molar-refractivity contribution in [1.29, 1.82) is 0 Å². The summed E-state index contributed by atoms with van der Waals surface area (Å²) in [6.45, 7) is 1.71. The van der Waals surface area contributed by atoms with Crippen LogP contribution in [0.15, 0.2) is 12.1 Å². The van der Waals surface area contributed by atoms with Gasteiger partial charge < -0.3 is 19.3 Å². The molecule has 2 amide bonds. The average molecular weight is 288 g/mol. The van der Waals surface area contributed by atoms with Gasteiger partial charge in [0.2, 0.25) is 11.8 Å². The van der Waals surface area contributed by atoms with Crippen molar-refractivity contribution in [2.45, 2.75) is 19.0 Å². The average Bonchev–Trinajstić information content (AvgIpc) is 2.49. The molecule has 0 aliphatic carbocycles. The van der Waals surface area contributed by atoms with Crippen LogP contribution in [0.2, 0.25) is 0 Å². The zero-order valence-corrected chi connectivity index (χ0v) is 11.8. The third-order valence-electron chi connectivity index (χ3n) is 4.35. The number of piperazine rings is 1. The van der Waals surface area contributed by atoms with E-state index in [1.807, 2.05) is 12.1 Å². The zero-order chi connectivity index (χ0) is 14.6. The van der Waals surface area contributed by atoms with Gasteiger partial charge in [0.25, 0.3) is 0 Å². The highest BCUT2D eigenvalue weighted by Gasteiger charge is 2.41. The van der Waals surface area contributed by atoms with E-state index in [1.165, 1.54) is 4.90 Å². The molecule has 1 unspecified atom stereocenters. The molecule has 0 N–H and O–H groups in total. The highest BCUT2D eigenvalue weighted by molar-refractivity contribution is 5.95. The van der Waals surface area contributed by atoms with Gasteiger partial charge in [0, 0.05) is 20.0 Å². The predicted molar refractivity (Wildman–Crippen MR) is 73.1 cm³/mol. The molecular weight excluding hydrogens is 272 g/mol. The maximum absolute atomic E-state index is 12.3. The summed E-state index contributed by atoms with van der Waals surface area (Å²) in [5.41, 5.74) is 2.11. The molecule has 0 spiro atoms. The lowest BCUT2D eigenvalue weighted by Crippen LogP contribution is -2.60. The van der Waals surface area contributed by atoms with Crippen molar-refractivity contribution >= 4 is 11.8 Å². The van der Waals surface area contributed by atoms with Crippen LogP contribution in [0.1, 0.15) is 11.1 Å². The number of hydrogen-bond acceptors (Lipinski definition) is 4. The number of ether oxygens (including phenoxy) is 2. The molecule has 6 nitrogen and oxygen atoms in total. The van der Waals surface area contributed by atoms with E-state index in [2.05, 4.69) is 0 Å². The molecule has 1 aromatic carbocycles. The lowest BCUT2D eigenvalue weighted by atomic mass is 9.91.